The monoisotopic (exact) mass is 501 g/mol. The van der Waals surface area contributed by atoms with E-state index in [1.54, 1.807) is 36.1 Å². The summed E-state index contributed by atoms with van der Waals surface area (Å²) in [5.74, 6) is -0.829. The molecule has 3 aromatic carbocycles. The molecule has 1 heterocycles. The molecule has 1 saturated heterocycles. The number of hydrogen-bond donors (Lipinski definition) is 1. The summed E-state index contributed by atoms with van der Waals surface area (Å²) in [4.78, 5) is 44.6. The van der Waals surface area contributed by atoms with Gasteiger partial charge in [0.15, 0.2) is 5.17 Å². The number of benzene rings is 3. The fraction of sp³-hybridized carbons (Fsp3) is 0.214. The van der Waals surface area contributed by atoms with Crippen molar-refractivity contribution in [3.8, 4) is 0 Å². The van der Waals surface area contributed by atoms with Crippen LogP contribution in [-0.4, -0.2) is 39.7 Å². The third kappa shape index (κ3) is 6.40. The van der Waals surface area contributed by atoms with Crippen molar-refractivity contribution in [2.75, 3.05) is 11.9 Å². The van der Waals surface area contributed by atoms with Gasteiger partial charge in [-0.1, -0.05) is 54.2 Å². The Morgan fingerprint density at radius 3 is 2.50 bits per heavy atom. The van der Waals surface area contributed by atoms with Gasteiger partial charge in [-0.05, 0) is 61.4 Å². The van der Waals surface area contributed by atoms with Crippen LogP contribution in [-0.2, 0) is 20.9 Å². The fourth-order valence-electron chi connectivity index (χ4n) is 3.71. The minimum atomic E-state index is -0.623. The predicted molar refractivity (Wildman–Crippen MR) is 142 cm³/mol. The summed E-state index contributed by atoms with van der Waals surface area (Å²) in [6.45, 7) is 4.34. The summed E-state index contributed by atoms with van der Waals surface area (Å²) < 4.78 is 5.04. The summed E-state index contributed by atoms with van der Waals surface area (Å²) in [5, 5.41) is 2.73. The van der Waals surface area contributed by atoms with Crippen LogP contribution in [0.4, 0.5) is 11.4 Å². The van der Waals surface area contributed by atoms with E-state index in [-0.39, 0.29) is 18.2 Å². The first kappa shape index (κ1) is 25.2. The van der Waals surface area contributed by atoms with Gasteiger partial charge in [0.2, 0.25) is 11.8 Å². The van der Waals surface area contributed by atoms with E-state index in [0.29, 0.717) is 35.3 Å². The number of thioether (sulfide) groups is 1. The number of nitrogens with one attached hydrogen (secondary N) is 1. The standard InChI is InChI=1S/C28H27N3O4S/c1-3-35-27(34)21-12-14-22(15-13-21)30-28-31(18-20-9-5-4-6-10-20)25(32)17-24(36-28)26(33)29-23-11-7-8-19(2)16-23/h4-16,24H,3,17-18H2,1-2H3,(H,29,33). The maximum absolute atomic E-state index is 13.2. The summed E-state index contributed by atoms with van der Waals surface area (Å²) >= 11 is 1.26. The number of ether oxygens (including phenoxy) is 1. The highest BCUT2D eigenvalue weighted by molar-refractivity contribution is 8.15. The molecule has 184 valence electrons. The minimum Gasteiger partial charge on any atom is -0.462 e. The molecule has 0 spiro atoms. The van der Waals surface area contributed by atoms with Crippen LogP contribution >= 0.6 is 11.8 Å². The number of rotatable bonds is 7. The number of amides is 2. The normalized spacial score (nSPS) is 16.6. The molecule has 1 aliphatic rings. The zero-order chi connectivity index (χ0) is 25.5. The second-order valence-corrected chi connectivity index (χ2v) is 9.47. The Balaban J connectivity index is 1.59. The van der Waals surface area contributed by atoms with Crippen molar-refractivity contribution in [2.45, 2.75) is 32.1 Å². The van der Waals surface area contributed by atoms with Gasteiger partial charge in [0.25, 0.3) is 0 Å². The van der Waals surface area contributed by atoms with Gasteiger partial charge in [-0.2, -0.15) is 0 Å². The average molecular weight is 502 g/mol. The Bertz CT molecular complexity index is 1280. The maximum Gasteiger partial charge on any atom is 0.338 e. The number of aryl methyl sites for hydroxylation is 1. The highest BCUT2D eigenvalue weighted by Crippen LogP contribution is 2.31. The zero-order valence-electron chi connectivity index (χ0n) is 20.1. The van der Waals surface area contributed by atoms with Gasteiger partial charge < -0.3 is 10.1 Å². The average Bonchev–Trinajstić information content (AvgIpc) is 2.87. The Labute approximate surface area is 214 Å². The van der Waals surface area contributed by atoms with Crippen LogP contribution in [0.15, 0.2) is 83.9 Å². The molecule has 3 aromatic rings. The van der Waals surface area contributed by atoms with E-state index in [2.05, 4.69) is 5.32 Å². The number of carbonyl (C=O) groups is 3. The maximum atomic E-state index is 13.2. The van der Waals surface area contributed by atoms with Crippen molar-refractivity contribution in [3.63, 3.8) is 0 Å². The summed E-state index contributed by atoms with van der Waals surface area (Å²) in [5.41, 5.74) is 3.66. The van der Waals surface area contributed by atoms with Gasteiger partial charge in [-0.3, -0.25) is 14.5 Å². The number of hydrogen-bond acceptors (Lipinski definition) is 6. The van der Waals surface area contributed by atoms with E-state index in [1.165, 1.54) is 11.8 Å². The van der Waals surface area contributed by atoms with Crippen molar-refractivity contribution in [1.82, 2.24) is 4.90 Å². The molecule has 1 N–H and O–H groups in total. The summed E-state index contributed by atoms with van der Waals surface area (Å²) in [7, 11) is 0. The number of carbonyl (C=O) groups excluding carboxylic acids is 3. The Kier molecular flexibility index (Phi) is 8.17. The molecule has 1 aliphatic heterocycles. The van der Waals surface area contributed by atoms with Gasteiger partial charge in [0.05, 0.1) is 24.4 Å². The first-order valence-corrected chi connectivity index (χ1v) is 12.5. The van der Waals surface area contributed by atoms with Crippen molar-refractivity contribution < 1.29 is 19.1 Å². The lowest BCUT2D eigenvalue weighted by Gasteiger charge is -2.32. The molecular formula is C28H27N3O4S. The molecule has 2 amide bonds. The zero-order valence-corrected chi connectivity index (χ0v) is 21.0. The van der Waals surface area contributed by atoms with Crippen molar-refractivity contribution in [2.24, 2.45) is 4.99 Å². The van der Waals surface area contributed by atoms with Crippen LogP contribution in [0.1, 0.15) is 34.8 Å². The van der Waals surface area contributed by atoms with Crippen molar-refractivity contribution in [1.29, 1.82) is 0 Å². The number of anilines is 1. The Morgan fingerprint density at radius 2 is 1.81 bits per heavy atom. The number of nitrogens with zero attached hydrogens (tertiary/aromatic N) is 2. The van der Waals surface area contributed by atoms with Gasteiger partial charge >= 0.3 is 5.97 Å². The van der Waals surface area contributed by atoms with E-state index in [1.807, 2.05) is 61.5 Å². The lowest BCUT2D eigenvalue weighted by Crippen LogP contribution is -2.44. The second kappa shape index (κ2) is 11.7. The van der Waals surface area contributed by atoms with Gasteiger partial charge in [-0.15, -0.1) is 0 Å². The lowest BCUT2D eigenvalue weighted by atomic mass is 10.2. The summed E-state index contributed by atoms with van der Waals surface area (Å²) in [6, 6.07) is 23.8. The number of aliphatic imine (C=N–C) groups is 1. The first-order chi connectivity index (χ1) is 17.4. The molecule has 1 atom stereocenters. The Morgan fingerprint density at radius 1 is 1.06 bits per heavy atom. The minimum absolute atomic E-state index is 0.0654. The molecule has 8 heteroatoms. The van der Waals surface area contributed by atoms with Crippen LogP contribution in [0.2, 0.25) is 0 Å². The van der Waals surface area contributed by atoms with E-state index < -0.39 is 11.2 Å². The molecule has 7 nitrogen and oxygen atoms in total. The largest absolute Gasteiger partial charge is 0.462 e. The number of amidine groups is 1. The van der Waals surface area contributed by atoms with Gasteiger partial charge in [0, 0.05) is 12.1 Å². The molecule has 36 heavy (non-hydrogen) atoms. The van der Waals surface area contributed by atoms with E-state index in [9.17, 15) is 14.4 Å². The molecule has 1 fully saturated rings. The second-order valence-electron chi connectivity index (χ2n) is 8.30. The van der Waals surface area contributed by atoms with Crippen LogP contribution in [0.25, 0.3) is 0 Å². The van der Waals surface area contributed by atoms with Gasteiger partial charge in [0.1, 0.15) is 5.25 Å². The van der Waals surface area contributed by atoms with Crippen LogP contribution in [0, 0.1) is 6.92 Å². The predicted octanol–water partition coefficient (Wildman–Crippen LogP) is 5.33. The quantitative estimate of drug-likeness (QED) is 0.442. The smallest absolute Gasteiger partial charge is 0.338 e. The highest BCUT2D eigenvalue weighted by Gasteiger charge is 2.36. The van der Waals surface area contributed by atoms with Gasteiger partial charge in [-0.25, -0.2) is 9.79 Å². The fourth-order valence-corrected chi connectivity index (χ4v) is 4.80. The molecule has 0 saturated carbocycles. The third-order valence-electron chi connectivity index (χ3n) is 5.50. The SMILES string of the molecule is CCOC(=O)c1ccc(N=C2SC(C(=O)Nc3cccc(C)c3)CC(=O)N2Cc2ccccc2)cc1. The van der Waals surface area contributed by atoms with Crippen molar-refractivity contribution >= 4 is 46.1 Å². The molecule has 4 rings (SSSR count). The molecule has 0 aliphatic carbocycles. The third-order valence-corrected chi connectivity index (χ3v) is 6.69. The van der Waals surface area contributed by atoms with Crippen molar-refractivity contribution in [3.05, 3.63) is 95.6 Å². The van der Waals surface area contributed by atoms with E-state index in [4.69, 9.17) is 9.73 Å². The topological polar surface area (TPSA) is 88.1 Å². The van der Waals surface area contributed by atoms with Crippen LogP contribution in [0.3, 0.4) is 0 Å². The molecule has 0 aromatic heterocycles. The first-order valence-electron chi connectivity index (χ1n) is 11.7. The lowest BCUT2D eigenvalue weighted by molar-refractivity contribution is -0.129. The van der Waals surface area contributed by atoms with Crippen LogP contribution in [0.5, 0.6) is 0 Å². The Hall–Kier alpha value is -3.91. The van der Waals surface area contributed by atoms with E-state index in [0.717, 1.165) is 11.1 Å². The highest BCUT2D eigenvalue weighted by atomic mass is 32.2. The molecular weight excluding hydrogens is 474 g/mol. The van der Waals surface area contributed by atoms with E-state index >= 15 is 0 Å². The number of esters is 1. The molecule has 1 unspecified atom stereocenters. The van der Waals surface area contributed by atoms with Crippen LogP contribution < -0.4 is 5.32 Å². The summed E-state index contributed by atoms with van der Waals surface area (Å²) in [6.07, 6.45) is 0.0654. The molecule has 0 radical (unpaired) electrons. The molecule has 0 bridgehead atoms.